The van der Waals surface area contributed by atoms with Crippen molar-refractivity contribution in [3.8, 4) is 5.75 Å². The standard InChI is InChI=1S/C20H23NO2/c1-14-5-10-19(23)17(13-14)21-12-11-18(22)15-6-8-16(9-7-15)20(2,3)4/h5-13,21,23H,1-4H3. The van der Waals surface area contributed by atoms with E-state index >= 15 is 0 Å². The highest BCUT2D eigenvalue weighted by Gasteiger charge is 2.13. The number of aryl methyl sites for hydroxylation is 1. The molecule has 120 valence electrons. The molecule has 2 aromatic carbocycles. The molecule has 3 heteroatoms. The molecule has 0 aliphatic heterocycles. The third-order valence-electron chi connectivity index (χ3n) is 3.66. The van der Waals surface area contributed by atoms with Gasteiger partial charge in [-0.05, 0) is 35.6 Å². The summed E-state index contributed by atoms with van der Waals surface area (Å²) in [5.41, 5.74) is 3.52. The molecule has 23 heavy (non-hydrogen) atoms. The summed E-state index contributed by atoms with van der Waals surface area (Å²) in [5, 5.41) is 12.7. The van der Waals surface area contributed by atoms with E-state index in [0.717, 1.165) is 5.56 Å². The molecule has 0 atom stereocenters. The summed E-state index contributed by atoms with van der Waals surface area (Å²) in [7, 11) is 0. The van der Waals surface area contributed by atoms with Gasteiger partial charge in [0.2, 0.25) is 0 Å². The van der Waals surface area contributed by atoms with Gasteiger partial charge in [-0.25, -0.2) is 0 Å². The number of rotatable bonds is 4. The lowest BCUT2D eigenvalue weighted by atomic mass is 9.86. The first kappa shape index (κ1) is 16.8. The van der Waals surface area contributed by atoms with Crippen molar-refractivity contribution in [2.45, 2.75) is 33.1 Å². The molecule has 0 saturated carbocycles. The zero-order valence-electron chi connectivity index (χ0n) is 14.1. The van der Waals surface area contributed by atoms with E-state index < -0.39 is 0 Å². The number of carbonyl (C=O) groups excluding carboxylic acids is 1. The number of benzene rings is 2. The molecule has 0 aliphatic rings. The number of hydrogen-bond donors (Lipinski definition) is 2. The van der Waals surface area contributed by atoms with Crippen LogP contribution in [0.1, 0.15) is 42.3 Å². The van der Waals surface area contributed by atoms with Gasteiger partial charge in [0.1, 0.15) is 5.75 Å². The first-order valence-corrected chi connectivity index (χ1v) is 7.65. The lowest BCUT2D eigenvalue weighted by Crippen LogP contribution is -2.11. The maximum atomic E-state index is 12.2. The van der Waals surface area contributed by atoms with Crippen LogP contribution in [0.5, 0.6) is 5.75 Å². The van der Waals surface area contributed by atoms with Crippen molar-refractivity contribution < 1.29 is 9.90 Å². The molecule has 0 spiro atoms. The Balaban J connectivity index is 2.05. The second-order valence-corrected chi connectivity index (χ2v) is 6.69. The SMILES string of the molecule is Cc1ccc(O)c(NC=CC(=O)c2ccc(C(C)(C)C)cc2)c1. The number of allylic oxidation sites excluding steroid dienone is 1. The minimum absolute atomic E-state index is 0.0711. The smallest absolute Gasteiger partial charge is 0.187 e. The molecule has 2 rings (SSSR count). The lowest BCUT2D eigenvalue weighted by molar-refractivity contribution is 0.104. The summed E-state index contributed by atoms with van der Waals surface area (Å²) < 4.78 is 0. The molecule has 0 aliphatic carbocycles. The number of carbonyl (C=O) groups is 1. The van der Waals surface area contributed by atoms with Gasteiger partial charge >= 0.3 is 0 Å². The fourth-order valence-electron chi connectivity index (χ4n) is 2.20. The topological polar surface area (TPSA) is 49.3 Å². The number of phenolic OH excluding ortho intramolecular Hbond substituents is 1. The minimum Gasteiger partial charge on any atom is -0.506 e. The number of nitrogens with one attached hydrogen (secondary N) is 1. The van der Waals surface area contributed by atoms with E-state index in [0.29, 0.717) is 11.3 Å². The van der Waals surface area contributed by atoms with Crippen molar-refractivity contribution in [1.82, 2.24) is 0 Å². The number of hydrogen-bond acceptors (Lipinski definition) is 3. The van der Waals surface area contributed by atoms with Crippen LogP contribution < -0.4 is 5.32 Å². The summed E-state index contributed by atoms with van der Waals surface area (Å²) in [5.74, 6) is 0.0762. The molecule has 0 aromatic heterocycles. The van der Waals surface area contributed by atoms with Gasteiger partial charge in [-0.2, -0.15) is 0 Å². The molecule has 0 amide bonds. The lowest BCUT2D eigenvalue weighted by Gasteiger charge is -2.18. The van der Waals surface area contributed by atoms with E-state index in [1.54, 1.807) is 12.3 Å². The molecule has 0 unspecified atom stereocenters. The summed E-state index contributed by atoms with van der Waals surface area (Å²) >= 11 is 0. The van der Waals surface area contributed by atoms with Crippen LogP contribution in [0.25, 0.3) is 0 Å². The molecule has 0 saturated heterocycles. The maximum Gasteiger partial charge on any atom is 0.187 e. The van der Waals surface area contributed by atoms with Gasteiger partial charge in [0.15, 0.2) is 5.78 Å². The number of anilines is 1. The van der Waals surface area contributed by atoms with Crippen LogP contribution in [0.2, 0.25) is 0 Å². The van der Waals surface area contributed by atoms with Crippen molar-refractivity contribution in [2.75, 3.05) is 5.32 Å². The first-order valence-electron chi connectivity index (χ1n) is 7.65. The van der Waals surface area contributed by atoms with Crippen LogP contribution in [-0.4, -0.2) is 10.9 Å². The van der Waals surface area contributed by atoms with Gasteiger partial charge in [-0.3, -0.25) is 4.79 Å². The molecular weight excluding hydrogens is 286 g/mol. The maximum absolute atomic E-state index is 12.2. The van der Waals surface area contributed by atoms with Crippen LogP contribution in [0.4, 0.5) is 5.69 Å². The molecular formula is C20H23NO2. The Morgan fingerprint density at radius 3 is 2.35 bits per heavy atom. The largest absolute Gasteiger partial charge is 0.506 e. The third-order valence-corrected chi connectivity index (χ3v) is 3.66. The highest BCUT2D eigenvalue weighted by atomic mass is 16.3. The number of ketones is 1. The highest BCUT2D eigenvalue weighted by Crippen LogP contribution is 2.24. The zero-order chi connectivity index (χ0) is 17.0. The average Bonchev–Trinajstić information content (AvgIpc) is 2.50. The third kappa shape index (κ3) is 4.46. The Labute approximate surface area is 137 Å². The monoisotopic (exact) mass is 309 g/mol. The van der Waals surface area contributed by atoms with E-state index in [1.165, 1.54) is 11.6 Å². The summed E-state index contributed by atoms with van der Waals surface area (Å²) in [6, 6.07) is 12.9. The quantitative estimate of drug-likeness (QED) is 0.484. The van der Waals surface area contributed by atoms with E-state index in [1.807, 2.05) is 43.3 Å². The minimum atomic E-state index is -0.0786. The second kappa shape index (κ2) is 6.69. The van der Waals surface area contributed by atoms with Gasteiger partial charge in [0.05, 0.1) is 5.69 Å². The van der Waals surface area contributed by atoms with Crippen LogP contribution in [-0.2, 0) is 5.41 Å². The van der Waals surface area contributed by atoms with E-state index in [2.05, 4.69) is 26.1 Å². The summed E-state index contributed by atoms with van der Waals surface area (Å²) in [4.78, 5) is 12.2. The van der Waals surface area contributed by atoms with Crippen molar-refractivity contribution in [3.05, 3.63) is 71.4 Å². The fraction of sp³-hybridized carbons (Fsp3) is 0.250. The van der Waals surface area contributed by atoms with Crippen molar-refractivity contribution in [2.24, 2.45) is 0 Å². The fourth-order valence-corrected chi connectivity index (χ4v) is 2.20. The number of aromatic hydroxyl groups is 1. The highest BCUT2D eigenvalue weighted by molar-refractivity contribution is 6.04. The molecule has 2 aromatic rings. The van der Waals surface area contributed by atoms with Crippen molar-refractivity contribution in [3.63, 3.8) is 0 Å². The van der Waals surface area contributed by atoms with Crippen LogP contribution in [0.15, 0.2) is 54.7 Å². The Bertz CT molecular complexity index is 722. The number of phenols is 1. The van der Waals surface area contributed by atoms with Crippen LogP contribution >= 0.6 is 0 Å². The first-order chi connectivity index (χ1) is 10.8. The van der Waals surface area contributed by atoms with Crippen LogP contribution in [0, 0.1) is 6.92 Å². The summed E-state index contributed by atoms with van der Waals surface area (Å²) in [6.45, 7) is 8.36. The summed E-state index contributed by atoms with van der Waals surface area (Å²) in [6.07, 6.45) is 3.02. The second-order valence-electron chi connectivity index (χ2n) is 6.69. The van der Waals surface area contributed by atoms with Gasteiger partial charge in [-0.15, -0.1) is 0 Å². The molecule has 0 radical (unpaired) electrons. The van der Waals surface area contributed by atoms with E-state index in [-0.39, 0.29) is 16.9 Å². The molecule has 0 fully saturated rings. The Morgan fingerprint density at radius 2 is 1.74 bits per heavy atom. The molecule has 0 heterocycles. The predicted molar refractivity (Wildman–Crippen MR) is 95.1 cm³/mol. The Morgan fingerprint density at radius 1 is 1.09 bits per heavy atom. The normalized spacial score (nSPS) is 11.7. The molecule has 0 bridgehead atoms. The van der Waals surface area contributed by atoms with Crippen molar-refractivity contribution >= 4 is 11.5 Å². The predicted octanol–water partition coefficient (Wildman–Crippen LogP) is 4.81. The van der Waals surface area contributed by atoms with Crippen molar-refractivity contribution in [1.29, 1.82) is 0 Å². The zero-order valence-corrected chi connectivity index (χ0v) is 14.1. The van der Waals surface area contributed by atoms with Gasteiger partial charge in [0, 0.05) is 17.8 Å². The Hall–Kier alpha value is -2.55. The average molecular weight is 309 g/mol. The van der Waals surface area contributed by atoms with E-state index in [4.69, 9.17) is 0 Å². The Kier molecular flexibility index (Phi) is 4.89. The van der Waals surface area contributed by atoms with Crippen LogP contribution in [0.3, 0.4) is 0 Å². The molecule has 2 N–H and O–H groups in total. The molecule has 3 nitrogen and oxygen atoms in total. The van der Waals surface area contributed by atoms with Gasteiger partial charge in [-0.1, -0.05) is 51.1 Å². The van der Waals surface area contributed by atoms with Gasteiger partial charge in [0.25, 0.3) is 0 Å². The van der Waals surface area contributed by atoms with E-state index in [9.17, 15) is 9.90 Å². The van der Waals surface area contributed by atoms with Gasteiger partial charge < -0.3 is 10.4 Å².